The molecule has 104 valence electrons. The molecule has 1 aliphatic heterocycles. The molecular weight excluding hydrogens is 268 g/mol. The quantitative estimate of drug-likeness (QED) is 0.743. The predicted octanol–water partition coefficient (Wildman–Crippen LogP) is 2.44. The summed E-state index contributed by atoms with van der Waals surface area (Å²) in [5, 5.41) is 0.568. The fraction of sp³-hybridized carbons (Fsp3) is 0.125. The van der Waals surface area contributed by atoms with Crippen molar-refractivity contribution in [1.29, 1.82) is 0 Å². The van der Waals surface area contributed by atoms with E-state index in [9.17, 15) is 4.79 Å². The number of rotatable bonds is 1. The lowest BCUT2D eigenvalue weighted by Gasteiger charge is -2.25. The fourth-order valence-corrected chi connectivity index (χ4v) is 2.41. The van der Waals surface area contributed by atoms with Crippen molar-refractivity contribution in [2.24, 2.45) is 0 Å². The molecule has 1 aromatic heterocycles. The Morgan fingerprint density at radius 2 is 1.81 bits per heavy atom. The van der Waals surface area contributed by atoms with Crippen LogP contribution in [0.1, 0.15) is 11.9 Å². The lowest BCUT2D eigenvalue weighted by Crippen LogP contribution is -2.26. The molecule has 2 aromatic carbocycles. The lowest BCUT2D eigenvalue weighted by atomic mass is 10.2. The molecule has 5 nitrogen and oxygen atoms in total. The van der Waals surface area contributed by atoms with E-state index < -0.39 is 6.10 Å². The van der Waals surface area contributed by atoms with E-state index in [0.29, 0.717) is 34.8 Å². The average Bonchev–Trinajstić information content (AvgIpc) is 2.54. The standard InChI is InChI=1S/C16H12N2O3/c19-16-10-5-1-2-6-11(10)17-15(18-16)14-9-20-12-7-3-4-8-13(12)21-14/h1-8,14H,9H2,(H,17,18,19). The summed E-state index contributed by atoms with van der Waals surface area (Å²) in [6, 6.07) is 14.7. The first-order chi connectivity index (χ1) is 10.3. The molecule has 0 radical (unpaired) electrons. The maximum atomic E-state index is 12.1. The SMILES string of the molecule is O=c1[nH]c(C2COc3ccccc3O2)nc2ccccc12. The molecule has 3 aromatic rings. The molecule has 0 amide bonds. The van der Waals surface area contributed by atoms with Gasteiger partial charge in [-0.25, -0.2) is 4.98 Å². The van der Waals surface area contributed by atoms with Crippen LogP contribution in [0.3, 0.4) is 0 Å². The van der Waals surface area contributed by atoms with Crippen molar-refractivity contribution in [3.8, 4) is 11.5 Å². The fourth-order valence-electron chi connectivity index (χ4n) is 2.41. The van der Waals surface area contributed by atoms with E-state index in [4.69, 9.17) is 9.47 Å². The number of nitrogens with zero attached hydrogens (tertiary/aromatic N) is 1. The van der Waals surface area contributed by atoms with Gasteiger partial charge in [-0.1, -0.05) is 24.3 Å². The van der Waals surface area contributed by atoms with E-state index in [1.54, 1.807) is 6.07 Å². The Balaban J connectivity index is 1.76. The van der Waals surface area contributed by atoms with Crippen molar-refractivity contribution in [1.82, 2.24) is 9.97 Å². The van der Waals surface area contributed by atoms with Crippen LogP contribution in [0.15, 0.2) is 53.3 Å². The molecule has 0 saturated carbocycles. The molecule has 0 fully saturated rings. The summed E-state index contributed by atoms with van der Waals surface area (Å²) in [5.41, 5.74) is 0.483. The molecule has 1 aliphatic rings. The monoisotopic (exact) mass is 280 g/mol. The Hall–Kier alpha value is -2.82. The highest BCUT2D eigenvalue weighted by Gasteiger charge is 2.24. The zero-order chi connectivity index (χ0) is 14.2. The number of H-pyrrole nitrogens is 1. The van der Waals surface area contributed by atoms with Gasteiger partial charge in [0.05, 0.1) is 10.9 Å². The second kappa shape index (κ2) is 4.63. The molecule has 0 bridgehead atoms. The molecule has 21 heavy (non-hydrogen) atoms. The first kappa shape index (κ1) is 12.0. The smallest absolute Gasteiger partial charge is 0.258 e. The van der Waals surface area contributed by atoms with E-state index in [2.05, 4.69) is 9.97 Å². The van der Waals surface area contributed by atoms with Crippen LogP contribution in [-0.4, -0.2) is 16.6 Å². The van der Waals surface area contributed by atoms with Crippen LogP contribution >= 0.6 is 0 Å². The summed E-state index contributed by atoms with van der Waals surface area (Å²) in [6.07, 6.45) is -0.419. The summed E-state index contributed by atoms with van der Waals surface area (Å²) >= 11 is 0. The molecule has 1 N–H and O–H groups in total. The predicted molar refractivity (Wildman–Crippen MR) is 77.7 cm³/mol. The number of ether oxygens (including phenoxy) is 2. The van der Waals surface area contributed by atoms with Gasteiger partial charge in [-0.2, -0.15) is 0 Å². The van der Waals surface area contributed by atoms with Crippen LogP contribution < -0.4 is 15.0 Å². The van der Waals surface area contributed by atoms with Crippen molar-refractivity contribution in [3.63, 3.8) is 0 Å². The normalized spacial score (nSPS) is 16.9. The van der Waals surface area contributed by atoms with Gasteiger partial charge >= 0.3 is 0 Å². The van der Waals surface area contributed by atoms with Gasteiger partial charge in [-0.3, -0.25) is 4.79 Å². The minimum absolute atomic E-state index is 0.168. The third-order valence-corrected chi connectivity index (χ3v) is 3.44. The number of hydrogen-bond acceptors (Lipinski definition) is 4. The number of aromatic nitrogens is 2. The summed E-state index contributed by atoms with van der Waals surface area (Å²) < 4.78 is 11.5. The van der Waals surface area contributed by atoms with Gasteiger partial charge in [0.25, 0.3) is 5.56 Å². The third-order valence-electron chi connectivity index (χ3n) is 3.44. The molecule has 1 unspecified atom stereocenters. The van der Waals surface area contributed by atoms with Crippen LogP contribution in [0.2, 0.25) is 0 Å². The Morgan fingerprint density at radius 3 is 2.71 bits per heavy atom. The Kier molecular flexibility index (Phi) is 2.64. The summed E-state index contributed by atoms with van der Waals surface area (Å²) in [7, 11) is 0. The maximum Gasteiger partial charge on any atom is 0.258 e. The Bertz CT molecular complexity index is 873. The van der Waals surface area contributed by atoms with Gasteiger partial charge in [-0.05, 0) is 24.3 Å². The van der Waals surface area contributed by atoms with Gasteiger partial charge < -0.3 is 14.5 Å². The van der Waals surface area contributed by atoms with Gasteiger partial charge in [0.2, 0.25) is 0 Å². The van der Waals surface area contributed by atoms with E-state index >= 15 is 0 Å². The number of para-hydroxylation sites is 3. The van der Waals surface area contributed by atoms with Crippen LogP contribution in [0.4, 0.5) is 0 Å². The summed E-state index contributed by atoms with van der Waals surface area (Å²) in [4.78, 5) is 19.3. The Labute approximate surface area is 120 Å². The van der Waals surface area contributed by atoms with Crippen LogP contribution in [-0.2, 0) is 0 Å². The maximum absolute atomic E-state index is 12.1. The molecule has 2 heterocycles. The average molecular weight is 280 g/mol. The van der Waals surface area contributed by atoms with Gasteiger partial charge in [0, 0.05) is 0 Å². The van der Waals surface area contributed by atoms with E-state index in [1.165, 1.54) is 0 Å². The highest BCUT2D eigenvalue weighted by molar-refractivity contribution is 5.77. The van der Waals surface area contributed by atoms with Crippen LogP contribution in [0.25, 0.3) is 10.9 Å². The summed E-state index contributed by atoms with van der Waals surface area (Å²) in [5.74, 6) is 1.84. The first-order valence-electron chi connectivity index (χ1n) is 6.69. The highest BCUT2D eigenvalue weighted by atomic mass is 16.6. The number of nitrogens with one attached hydrogen (secondary N) is 1. The largest absolute Gasteiger partial charge is 0.485 e. The minimum atomic E-state index is -0.419. The zero-order valence-corrected chi connectivity index (χ0v) is 11.1. The molecular formula is C16H12N2O3. The van der Waals surface area contributed by atoms with Crippen LogP contribution in [0, 0.1) is 0 Å². The minimum Gasteiger partial charge on any atom is -0.485 e. The third kappa shape index (κ3) is 2.03. The summed E-state index contributed by atoms with van der Waals surface area (Å²) in [6.45, 7) is 0.318. The number of aromatic amines is 1. The van der Waals surface area contributed by atoms with Gasteiger partial charge in [0.1, 0.15) is 6.61 Å². The van der Waals surface area contributed by atoms with Crippen molar-refractivity contribution < 1.29 is 9.47 Å². The van der Waals surface area contributed by atoms with E-state index in [1.807, 2.05) is 42.5 Å². The van der Waals surface area contributed by atoms with E-state index in [0.717, 1.165) is 0 Å². The highest BCUT2D eigenvalue weighted by Crippen LogP contribution is 2.34. The van der Waals surface area contributed by atoms with Crippen molar-refractivity contribution in [2.45, 2.75) is 6.10 Å². The van der Waals surface area contributed by atoms with Crippen molar-refractivity contribution >= 4 is 10.9 Å². The molecule has 4 rings (SSSR count). The van der Waals surface area contributed by atoms with Gasteiger partial charge in [0.15, 0.2) is 23.4 Å². The second-order valence-corrected chi connectivity index (χ2v) is 4.83. The van der Waals surface area contributed by atoms with E-state index in [-0.39, 0.29) is 5.56 Å². The lowest BCUT2D eigenvalue weighted by molar-refractivity contribution is 0.0851. The van der Waals surface area contributed by atoms with Crippen molar-refractivity contribution in [2.75, 3.05) is 6.61 Å². The zero-order valence-electron chi connectivity index (χ0n) is 11.1. The van der Waals surface area contributed by atoms with Crippen LogP contribution in [0.5, 0.6) is 11.5 Å². The molecule has 0 saturated heterocycles. The molecule has 0 aliphatic carbocycles. The number of hydrogen-bond donors (Lipinski definition) is 1. The first-order valence-corrected chi connectivity index (χ1v) is 6.69. The molecule has 1 atom stereocenters. The Morgan fingerprint density at radius 1 is 1.05 bits per heavy atom. The number of benzene rings is 2. The number of fused-ring (bicyclic) bond motifs is 2. The van der Waals surface area contributed by atoms with Crippen molar-refractivity contribution in [3.05, 3.63) is 64.7 Å². The second-order valence-electron chi connectivity index (χ2n) is 4.83. The molecule has 5 heteroatoms. The topological polar surface area (TPSA) is 64.2 Å². The molecule has 0 spiro atoms. The van der Waals surface area contributed by atoms with Gasteiger partial charge in [-0.15, -0.1) is 0 Å².